The summed E-state index contributed by atoms with van der Waals surface area (Å²) in [6.07, 6.45) is 2.49. The molecule has 0 aliphatic carbocycles. The zero-order valence-corrected chi connectivity index (χ0v) is 15.5. The third kappa shape index (κ3) is 2.53. The van der Waals surface area contributed by atoms with Crippen LogP contribution in [0.2, 0.25) is 0 Å². The number of hydrogen-bond donors (Lipinski definition) is 0. The van der Waals surface area contributed by atoms with E-state index in [1.54, 1.807) is 28.9 Å². The Bertz CT molecular complexity index is 1090. The van der Waals surface area contributed by atoms with Gasteiger partial charge in [0.05, 0.1) is 23.3 Å². The van der Waals surface area contributed by atoms with Crippen LogP contribution in [-0.2, 0) is 6.42 Å². The normalized spacial score (nSPS) is 16.6. The molecular weight excluding hydrogens is 362 g/mol. The fourth-order valence-corrected chi connectivity index (χ4v) is 5.25. The summed E-state index contributed by atoms with van der Waals surface area (Å²) in [6.45, 7) is 0.698. The Hall–Kier alpha value is -2.57. The number of amides is 1. The standard InChI is InChI=1S/C20H15N3OS2/c24-20(16-12-21-14-4-1-2-5-15(14)22-16)23-9-7-17-13(8-11-26-17)19(23)18-6-3-10-25-18/h1-6,8,10-12,19H,7,9H2/t19-/m1/s1. The Morgan fingerprint density at radius 2 is 1.92 bits per heavy atom. The predicted octanol–water partition coefficient (Wildman–Crippen LogP) is 4.54. The van der Waals surface area contributed by atoms with Crippen molar-refractivity contribution in [3.8, 4) is 0 Å². The number of carbonyl (C=O) groups excluding carboxylic acids is 1. The van der Waals surface area contributed by atoms with Crippen LogP contribution in [0.4, 0.5) is 0 Å². The van der Waals surface area contributed by atoms with Gasteiger partial charge in [0, 0.05) is 16.3 Å². The van der Waals surface area contributed by atoms with E-state index in [0.29, 0.717) is 12.2 Å². The summed E-state index contributed by atoms with van der Waals surface area (Å²) in [5.41, 5.74) is 3.20. The molecule has 26 heavy (non-hydrogen) atoms. The molecule has 0 radical (unpaired) electrons. The number of rotatable bonds is 2. The SMILES string of the molecule is O=C(c1cnc2ccccc2n1)N1CCc2sccc2[C@@H]1c1cccs1. The smallest absolute Gasteiger partial charge is 0.274 e. The fraction of sp³-hybridized carbons (Fsp3) is 0.150. The molecule has 4 heterocycles. The van der Waals surface area contributed by atoms with Gasteiger partial charge in [-0.15, -0.1) is 22.7 Å². The molecule has 1 aromatic carbocycles. The number of carbonyl (C=O) groups is 1. The molecule has 0 spiro atoms. The average molecular weight is 377 g/mol. The lowest BCUT2D eigenvalue weighted by Crippen LogP contribution is -2.40. The van der Waals surface area contributed by atoms with E-state index in [0.717, 1.165) is 17.5 Å². The second kappa shape index (κ2) is 6.30. The summed E-state index contributed by atoms with van der Waals surface area (Å²) in [6, 6.07) is 13.9. The van der Waals surface area contributed by atoms with Gasteiger partial charge in [-0.1, -0.05) is 18.2 Å². The molecule has 4 aromatic rings. The molecule has 4 nitrogen and oxygen atoms in total. The Morgan fingerprint density at radius 1 is 1.04 bits per heavy atom. The lowest BCUT2D eigenvalue weighted by molar-refractivity contribution is 0.0692. The molecule has 0 saturated carbocycles. The minimum atomic E-state index is -0.0569. The van der Waals surface area contributed by atoms with E-state index in [4.69, 9.17) is 0 Å². The molecule has 128 valence electrons. The number of hydrogen-bond acceptors (Lipinski definition) is 5. The largest absolute Gasteiger partial charge is 0.325 e. The van der Waals surface area contributed by atoms with Crippen molar-refractivity contribution in [2.75, 3.05) is 6.54 Å². The molecule has 5 rings (SSSR count). The summed E-state index contributed by atoms with van der Waals surface area (Å²) < 4.78 is 0. The molecule has 0 fully saturated rings. The van der Waals surface area contributed by atoms with Crippen LogP contribution in [0.25, 0.3) is 11.0 Å². The maximum Gasteiger partial charge on any atom is 0.274 e. The number of thiophene rings is 2. The van der Waals surface area contributed by atoms with Gasteiger partial charge >= 0.3 is 0 Å². The van der Waals surface area contributed by atoms with Gasteiger partial charge in [0.1, 0.15) is 5.69 Å². The van der Waals surface area contributed by atoms with Crippen LogP contribution in [0.1, 0.15) is 31.8 Å². The van der Waals surface area contributed by atoms with E-state index in [9.17, 15) is 4.79 Å². The minimum Gasteiger partial charge on any atom is -0.325 e. The highest BCUT2D eigenvalue weighted by atomic mass is 32.1. The van der Waals surface area contributed by atoms with Crippen molar-refractivity contribution >= 4 is 39.6 Å². The van der Waals surface area contributed by atoms with E-state index in [1.165, 1.54) is 15.3 Å². The molecule has 6 heteroatoms. The van der Waals surface area contributed by atoms with Crippen molar-refractivity contribution < 1.29 is 4.79 Å². The van der Waals surface area contributed by atoms with E-state index >= 15 is 0 Å². The van der Waals surface area contributed by atoms with Crippen LogP contribution in [0.15, 0.2) is 59.4 Å². The highest BCUT2D eigenvalue weighted by molar-refractivity contribution is 7.10. The van der Waals surface area contributed by atoms with Crippen molar-refractivity contribution in [1.29, 1.82) is 0 Å². The summed E-state index contributed by atoms with van der Waals surface area (Å²) in [5.74, 6) is -0.0569. The van der Waals surface area contributed by atoms with Gasteiger partial charge in [0.2, 0.25) is 0 Å². The fourth-order valence-electron chi connectivity index (χ4n) is 3.50. The number of para-hydroxylation sites is 2. The Balaban J connectivity index is 1.57. The molecule has 0 bridgehead atoms. The van der Waals surface area contributed by atoms with Gasteiger partial charge < -0.3 is 4.90 Å². The summed E-state index contributed by atoms with van der Waals surface area (Å²) in [5, 5.41) is 4.18. The van der Waals surface area contributed by atoms with Crippen molar-refractivity contribution in [2.45, 2.75) is 12.5 Å². The number of nitrogens with zero attached hydrogens (tertiary/aromatic N) is 3. The molecule has 1 aliphatic rings. The lowest BCUT2D eigenvalue weighted by atomic mass is 9.98. The first-order valence-corrected chi connectivity index (χ1v) is 10.2. The molecule has 3 aromatic heterocycles. The van der Waals surface area contributed by atoms with Crippen LogP contribution in [0.5, 0.6) is 0 Å². The Kier molecular flexibility index (Phi) is 3.80. The van der Waals surface area contributed by atoms with Gasteiger partial charge in [-0.3, -0.25) is 9.78 Å². The van der Waals surface area contributed by atoms with E-state index in [1.807, 2.05) is 35.2 Å². The monoisotopic (exact) mass is 377 g/mol. The van der Waals surface area contributed by atoms with Crippen LogP contribution in [-0.4, -0.2) is 27.3 Å². The molecule has 1 atom stereocenters. The average Bonchev–Trinajstić information content (AvgIpc) is 3.38. The first-order chi connectivity index (χ1) is 12.8. The van der Waals surface area contributed by atoms with Gasteiger partial charge in [-0.2, -0.15) is 0 Å². The Labute approximate surface area is 158 Å². The van der Waals surface area contributed by atoms with Crippen molar-refractivity contribution in [3.63, 3.8) is 0 Å². The zero-order valence-electron chi connectivity index (χ0n) is 13.8. The predicted molar refractivity (Wildman–Crippen MR) is 105 cm³/mol. The third-order valence-electron chi connectivity index (χ3n) is 4.71. The molecule has 1 aliphatic heterocycles. The number of aromatic nitrogens is 2. The van der Waals surface area contributed by atoms with Crippen molar-refractivity contribution in [2.24, 2.45) is 0 Å². The second-order valence-electron chi connectivity index (χ2n) is 6.21. The maximum absolute atomic E-state index is 13.3. The first kappa shape index (κ1) is 15.7. The maximum atomic E-state index is 13.3. The first-order valence-electron chi connectivity index (χ1n) is 8.44. The molecular formula is C20H15N3OS2. The van der Waals surface area contributed by atoms with Crippen LogP contribution >= 0.6 is 22.7 Å². The Morgan fingerprint density at radius 3 is 2.77 bits per heavy atom. The molecule has 1 amide bonds. The zero-order chi connectivity index (χ0) is 17.5. The third-order valence-corrected chi connectivity index (χ3v) is 6.63. The number of benzene rings is 1. The van der Waals surface area contributed by atoms with Gasteiger partial charge in [-0.05, 0) is 47.0 Å². The summed E-state index contributed by atoms with van der Waals surface area (Å²) in [4.78, 5) is 26.8. The van der Waals surface area contributed by atoms with Crippen LogP contribution < -0.4 is 0 Å². The van der Waals surface area contributed by atoms with Crippen molar-refractivity contribution in [1.82, 2.24) is 14.9 Å². The minimum absolute atomic E-state index is 0.0363. The topological polar surface area (TPSA) is 46.1 Å². The highest BCUT2D eigenvalue weighted by Gasteiger charge is 2.34. The van der Waals surface area contributed by atoms with Gasteiger partial charge in [-0.25, -0.2) is 4.98 Å². The molecule has 0 unspecified atom stereocenters. The number of fused-ring (bicyclic) bond motifs is 2. The van der Waals surface area contributed by atoms with E-state index < -0.39 is 0 Å². The quantitative estimate of drug-likeness (QED) is 0.515. The highest BCUT2D eigenvalue weighted by Crippen LogP contribution is 2.40. The molecule has 0 saturated heterocycles. The van der Waals surface area contributed by atoms with E-state index in [2.05, 4.69) is 32.9 Å². The van der Waals surface area contributed by atoms with Crippen molar-refractivity contribution in [3.05, 3.63) is 80.4 Å². The van der Waals surface area contributed by atoms with Gasteiger partial charge in [0.25, 0.3) is 5.91 Å². The van der Waals surface area contributed by atoms with Crippen LogP contribution in [0.3, 0.4) is 0 Å². The lowest BCUT2D eigenvalue weighted by Gasteiger charge is -2.35. The van der Waals surface area contributed by atoms with Crippen LogP contribution in [0, 0.1) is 0 Å². The van der Waals surface area contributed by atoms with Gasteiger partial charge in [0.15, 0.2) is 0 Å². The van der Waals surface area contributed by atoms with E-state index in [-0.39, 0.29) is 11.9 Å². The molecule has 0 N–H and O–H groups in total. The summed E-state index contributed by atoms with van der Waals surface area (Å²) in [7, 11) is 0. The second-order valence-corrected chi connectivity index (χ2v) is 8.19. The summed E-state index contributed by atoms with van der Waals surface area (Å²) >= 11 is 3.47.